The van der Waals surface area contributed by atoms with Crippen LogP contribution in [0.3, 0.4) is 0 Å². The molecule has 0 amide bonds. The van der Waals surface area contributed by atoms with E-state index in [4.69, 9.17) is 38.5 Å². The van der Waals surface area contributed by atoms with E-state index in [0.717, 1.165) is 12.8 Å². The number of halogens is 2. The monoisotopic (exact) mass is 317 g/mol. The van der Waals surface area contributed by atoms with Gasteiger partial charge in [0, 0.05) is 12.5 Å². The Hall–Kier alpha value is -1.17. The first-order chi connectivity index (χ1) is 9.62. The second-order valence-electron chi connectivity index (χ2n) is 4.50. The highest BCUT2D eigenvalue weighted by Gasteiger charge is 2.22. The van der Waals surface area contributed by atoms with Crippen molar-refractivity contribution < 1.29 is 9.47 Å². The molecule has 1 aliphatic rings. The molecule has 0 bridgehead atoms. The van der Waals surface area contributed by atoms with Crippen molar-refractivity contribution in [3.8, 4) is 5.75 Å². The molecule has 0 fully saturated rings. The third-order valence-electron chi connectivity index (χ3n) is 3.02. The number of hydrazine groups is 1. The Labute approximate surface area is 128 Å². The fourth-order valence-electron chi connectivity index (χ4n) is 1.96. The first-order valence-electron chi connectivity index (χ1n) is 6.41. The Bertz CT molecular complexity index is 497. The highest BCUT2D eigenvalue weighted by Crippen LogP contribution is 2.28. The van der Waals surface area contributed by atoms with Gasteiger partial charge in [0.1, 0.15) is 18.5 Å². The van der Waals surface area contributed by atoms with Crippen molar-refractivity contribution in [2.75, 3.05) is 6.61 Å². The molecule has 110 valence electrons. The molecular weight excluding hydrogens is 301 g/mol. The summed E-state index contributed by atoms with van der Waals surface area (Å²) >= 11 is 11.9. The Morgan fingerprint density at radius 2 is 2.30 bits per heavy atom. The van der Waals surface area contributed by atoms with Crippen molar-refractivity contribution in [3.63, 3.8) is 0 Å². The zero-order valence-corrected chi connectivity index (χ0v) is 12.6. The predicted molar refractivity (Wildman–Crippen MR) is 80.3 cm³/mol. The molecule has 1 aromatic rings. The van der Waals surface area contributed by atoms with E-state index < -0.39 is 0 Å². The maximum atomic E-state index is 5.97. The predicted octanol–water partition coefficient (Wildman–Crippen LogP) is 2.76. The van der Waals surface area contributed by atoms with Crippen LogP contribution in [0.15, 0.2) is 23.2 Å². The highest BCUT2D eigenvalue weighted by atomic mass is 35.5. The van der Waals surface area contributed by atoms with Gasteiger partial charge in [-0.2, -0.15) is 0 Å². The molecule has 1 heterocycles. The second-order valence-corrected chi connectivity index (χ2v) is 5.32. The highest BCUT2D eigenvalue weighted by molar-refractivity contribution is 6.42. The second kappa shape index (κ2) is 7.02. The first kappa shape index (κ1) is 15.2. The van der Waals surface area contributed by atoms with Gasteiger partial charge in [0.05, 0.1) is 16.1 Å². The normalized spacial score (nSPS) is 19.2. The van der Waals surface area contributed by atoms with E-state index in [9.17, 15) is 0 Å². The molecule has 0 spiro atoms. The van der Waals surface area contributed by atoms with Crippen molar-refractivity contribution in [1.82, 2.24) is 5.43 Å². The van der Waals surface area contributed by atoms with Gasteiger partial charge in [-0.15, -0.1) is 0 Å². The minimum Gasteiger partial charge on any atom is -0.490 e. The van der Waals surface area contributed by atoms with E-state index in [1.807, 2.05) is 0 Å². The summed E-state index contributed by atoms with van der Waals surface area (Å²) < 4.78 is 11.2. The zero-order chi connectivity index (χ0) is 14.5. The van der Waals surface area contributed by atoms with Crippen LogP contribution in [0.2, 0.25) is 10.0 Å². The molecule has 3 N–H and O–H groups in total. The average Bonchev–Trinajstić information content (AvgIpc) is 2.90. The number of ether oxygens (including phenoxy) is 2. The third kappa shape index (κ3) is 3.91. The molecule has 2 atom stereocenters. The zero-order valence-electron chi connectivity index (χ0n) is 11.1. The van der Waals surface area contributed by atoms with Crippen LogP contribution in [0, 0.1) is 0 Å². The average molecular weight is 318 g/mol. The Balaban J connectivity index is 1.95. The van der Waals surface area contributed by atoms with Crippen molar-refractivity contribution in [3.05, 3.63) is 28.2 Å². The number of nitrogens with one attached hydrogen (secondary N) is 1. The van der Waals surface area contributed by atoms with Crippen LogP contribution >= 0.6 is 23.2 Å². The summed E-state index contributed by atoms with van der Waals surface area (Å²) in [4.78, 5) is 4.30. The van der Waals surface area contributed by atoms with Gasteiger partial charge >= 0.3 is 0 Å². The molecule has 1 aliphatic heterocycles. The van der Waals surface area contributed by atoms with E-state index in [1.165, 1.54) is 0 Å². The number of amidine groups is 1. The van der Waals surface area contributed by atoms with E-state index in [1.54, 1.807) is 18.2 Å². The van der Waals surface area contributed by atoms with Crippen molar-refractivity contribution in [2.45, 2.75) is 31.9 Å². The Morgan fingerprint density at radius 1 is 1.50 bits per heavy atom. The number of nitrogens with two attached hydrogens (primary N) is 1. The minimum absolute atomic E-state index is 0.0294. The topological polar surface area (TPSA) is 68.9 Å². The van der Waals surface area contributed by atoms with Crippen LogP contribution in [0.5, 0.6) is 5.75 Å². The number of hydrogen-bond donors (Lipinski definition) is 2. The van der Waals surface area contributed by atoms with Gasteiger partial charge in [-0.1, -0.05) is 30.1 Å². The molecule has 0 aromatic heterocycles. The van der Waals surface area contributed by atoms with Gasteiger partial charge in [0.15, 0.2) is 0 Å². The number of rotatable bonds is 5. The fraction of sp³-hybridized carbons (Fsp3) is 0.462. The maximum absolute atomic E-state index is 5.97. The third-order valence-corrected chi connectivity index (χ3v) is 3.76. The van der Waals surface area contributed by atoms with Gasteiger partial charge in [-0.3, -0.25) is 5.43 Å². The van der Waals surface area contributed by atoms with E-state index in [0.29, 0.717) is 28.4 Å². The molecular formula is C13H17Cl2N3O2. The van der Waals surface area contributed by atoms with Crippen LogP contribution in [-0.4, -0.2) is 24.8 Å². The SMILES string of the molecule is CC[C@@H](C[C@H]1COC(NN)=N1)Oc1ccc(Cl)c(Cl)c1. The summed E-state index contributed by atoms with van der Waals surface area (Å²) in [5.74, 6) is 5.95. The summed E-state index contributed by atoms with van der Waals surface area (Å²) in [6.45, 7) is 2.57. The van der Waals surface area contributed by atoms with E-state index in [2.05, 4.69) is 17.3 Å². The van der Waals surface area contributed by atoms with Crippen LogP contribution < -0.4 is 16.0 Å². The van der Waals surface area contributed by atoms with Gasteiger partial charge in [0.2, 0.25) is 0 Å². The molecule has 7 heteroatoms. The summed E-state index contributed by atoms with van der Waals surface area (Å²) in [5.41, 5.74) is 2.40. The number of nitrogens with zero attached hydrogens (tertiary/aromatic N) is 1. The lowest BCUT2D eigenvalue weighted by molar-refractivity contribution is 0.168. The Kier molecular flexibility index (Phi) is 5.34. The molecule has 0 radical (unpaired) electrons. The van der Waals surface area contributed by atoms with Crippen LogP contribution in [0.25, 0.3) is 0 Å². The van der Waals surface area contributed by atoms with Crippen molar-refractivity contribution in [2.24, 2.45) is 10.8 Å². The molecule has 5 nitrogen and oxygen atoms in total. The standard InChI is InChI=1S/C13H17Cl2N3O2/c1-2-9(5-8-7-19-13(17-8)18-16)20-10-3-4-11(14)12(15)6-10/h3-4,6,8-9H,2,5,7,16H2,1H3,(H,17,18)/t8-,9-/m0/s1. The van der Waals surface area contributed by atoms with Crippen molar-refractivity contribution in [1.29, 1.82) is 0 Å². The quantitative estimate of drug-likeness (QED) is 0.647. The van der Waals surface area contributed by atoms with Crippen LogP contribution in [-0.2, 0) is 4.74 Å². The van der Waals surface area contributed by atoms with Gasteiger partial charge in [0.25, 0.3) is 6.02 Å². The fourth-order valence-corrected chi connectivity index (χ4v) is 2.25. The summed E-state index contributed by atoms with van der Waals surface area (Å²) in [6, 6.07) is 5.67. The summed E-state index contributed by atoms with van der Waals surface area (Å²) in [6.07, 6.45) is 1.64. The van der Waals surface area contributed by atoms with Gasteiger partial charge < -0.3 is 9.47 Å². The van der Waals surface area contributed by atoms with Crippen LogP contribution in [0.4, 0.5) is 0 Å². The number of hydrogen-bond acceptors (Lipinski definition) is 5. The van der Waals surface area contributed by atoms with E-state index >= 15 is 0 Å². The largest absolute Gasteiger partial charge is 0.490 e. The van der Waals surface area contributed by atoms with E-state index in [-0.39, 0.29) is 12.1 Å². The first-order valence-corrected chi connectivity index (χ1v) is 7.17. The van der Waals surface area contributed by atoms with Gasteiger partial charge in [-0.25, -0.2) is 10.8 Å². The molecule has 0 saturated heterocycles. The number of benzene rings is 1. The lowest BCUT2D eigenvalue weighted by atomic mass is 10.1. The smallest absolute Gasteiger partial charge is 0.299 e. The lowest BCUT2D eigenvalue weighted by Gasteiger charge is -2.19. The van der Waals surface area contributed by atoms with Crippen LogP contribution in [0.1, 0.15) is 19.8 Å². The molecule has 0 unspecified atom stereocenters. The number of aliphatic imine (C=N–C) groups is 1. The Morgan fingerprint density at radius 3 is 2.90 bits per heavy atom. The molecule has 20 heavy (non-hydrogen) atoms. The summed E-state index contributed by atoms with van der Waals surface area (Å²) in [7, 11) is 0. The molecule has 0 aliphatic carbocycles. The lowest BCUT2D eigenvalue weighted by Crippen LogP contribution is -2.30. The maximum Gasteiger partial charge on any atom is 0.299 e. The van der Waals surface area contributed by atoms with Crippen molar-refractivity contribution >= 4 is 29.2 Å². The van der Waals surface area contributed by atoms with Gasteiger partial charge in [-0.05, 0) is 18.6 Å². The molecule has 2 rings (SSSR count). The minimum atomic E-state index is 0.0294. The molecule has 0 saturated carbocycles. The summed E-state index contributed by atoms with van der Waals surface area (Å²) in [5, 5.41) is 0.996. The molecule has 1 aromatic carbocycles.